The minimum atomic E-state index is -5.08. The summed E-state index contributed by atoms with van der Waals surface area (Å²) in [7, 11) is 0. The fraction of sp³-hybridized carbons (Fsp3) is 0.326. The molecule has 1 fully saturated rings. The Labute approximate surface area is 343 Å². The molecule has 2 heterocycles. The van der Waals surface area contributed by atoms with E-state index in [1.807, 2.05) is 17.0 Å². The number of aryl methyl sites for hydroxylation is 2. The zero-order valence-corrected chi connectivity index (χ0v) is 32.7. The van der Waals surface area contributed by atoms with Crippen LogP contribution in [-0.2, 0) is 46.5 Å². The van der Waals surface area contributed by atoms with Gasteiger partial charge in [-0.3, -0.25) is 19.3 Å². The number of benzene rings is 4. The molecule has 18 heteroatoms. The van der Waals surface area contributed by atoms with Crippen LogP contribution < -0.4 is 5.56 Å². The summed E-state index contributed by atoms with van der Waals surface area (Å²) in [5.41, 5.74) is 0.250. The Balaban J connectivity index is 0.000000925. The lowest BCUT2D eigenvalue weighted by Gasteiger charge is -2.43. The quantitative estimate of drug-likeness (QED) is 0.127. The Hall–Kier alpha value is -6.17. The maximum absolute atomic E-state index is 14.6. The van der Waals surface area contributed by atoms with Gasteiger partial charge in [0, 0.05) is 32.1 Å². The van der Waals surface area contributed by atoms with E-state index in [0.717, 1.165) is 23.8 Å². The molecule has 1 aromatic heterocycles. The molecule has 0 aliphatic carbocycles. The molecule has 10 nitrogen and oxygen atoms in total. The summed E-state index contributed by atoms with van der Waals surface area (Å²) < 4.78 is 101. The number of aromatic nitrogens is 2. The number of hydrogen-bond acceptors (Lipinski definition) is 6. The number of carboxylic acids is 2. The largest absolute Gasteiger partial charge is 0.490 e. The van der Waals surface area contributed by atoms with Crippen LogP contribution in [0.25, 0.3) is 22.0 Å². The maximum atomic E-state index is 14.6. The van der Waals surface area contributed by atoms with Crippen LogP contribution in [0.2, 0.25) is 0 Å². The van der Waals surface area contributed by atoms with E-state index in [0.29, 0.717) is 48.0 Å². The molecule has 1 amide bonds. The highest BCUT2D eigenvalue weighted by atomic mass is 19.4. The number of rotatable bonds is 11. The van der Waals surface area contributed by atoms with E-state index in [9.17, 15) is 54.6 Å². The molecule has 0 atom stereocenters. The molecule has 1 saturated heterocycles. The standard InChI is InChI=1S/C41H39F5N4O4.C2HF3O2/c1-40(2,39(53)54)48-22-20-31(21-23-48)49(24-26-10-12-27(13-11-26)28-14-17-30(18-15-28)41(44,45)46)36(51)25-50-34-9-4-3-7-32(34)38(52)47-35(50)19-16-29-6-5-8-33(42)37(29)43;3-2(4,5)1(6)7/h3-15,17-18,31H,16,19-25H2,1-2H3,(H,53,54);(H,6,7). The lowest BCUT2D eigenvalue weighted by molar-refractivity contribution is -0.192. The van der Waals surface area contributed by atoms with E-state index in [2.05, 4.69) is 4.98 Å². The first-order valence-corrected chi connectivity index (χ1v) is 18.8. The molecule has 6 rings (SSSR count). The highest BCUT2D eigenvalue weighted by Crippen LogP contribution is 2.32. The van der Waals surface area contributed by atoms with Crippen LogP contribution in [0.4, 0.5) is 35.1 Å². The number of likely N-dealkylation sites (tertiary alicyclic amines) is 1. The van der Waals surface area contributed by atoms with E-state index >= 15 is 0 Å². The molecule has 0 bridgehead atoms. The Morgan fingerprint density at radius 1 is 0.770 bits per heavy atom. The Morgan fingerprint density at radius 2 is 1.34 bits per heavy atom. The summed E-state index contributed by atoms with van der Waals surface area (Å²) in [4.78, 5) is 56.4. The molecule has 0 radical (unpaired) electrons. The second kappa shape index (κ2) is 18.6. The predicted molar refractivity (Wildman–Crippen MR) is 207 cm³/mol. The monoisotopic (exact) mass is 860 g/mol. The van der Waals surface area contributed by atoms with E-state index in [4.69, 9.17) is 9.90 Å². The van der Waals surface area contributed by atoms with Gasteiger partial charge in [0.05, 0.1) is 16.5 Å². The topological polar surface area (TPSA) is 133 Å². The third-order valence-electron chi connectivity index (χ3n) is 10.5. The SMILES string of the molecule is CC(C)(C(=O)O)N1CCC(N(Cc2ccc(-c3ccc(C(F)(F)F)cc3)cc2)C(=O)Cn2c(CCc3cccc(F)c3F)nc(=O)c3ccccc32)CC1.O=C(O)C(F)(F)F. The minimum absolute atomic E-state index is 0.0232. The maximum Gasteiger partial charge on any atom is 0.490 e. The number of carbonyl (C=O) groups excluding carboxylic acids is 1. The average Bonchev–Trinajstić information content (AvgIpc) is 3.21. The molecule has 1 aliphatic heterocycles. The average molecular weight is 861 g/mol. The number of aliphatic carboxylic acids is 2. The highest BCUT2D eigenvalue weighted by molar-refractivity contribution is 5.82. The Bertz CT molecular complexity index is 2430. The van der Waals surface area contributed by atoms with Gasteiger partial charge in [-0.1, -0.05) is 60.7 Å². The molecule has 0 spiro atoms. The number of para-hydroxylation sites is 1. The summed E-state index contributed by atoms with van der Waals surface area (Å²) in [5, 5.41) is 17.2. The van der Waals surface area contributed by atoms with Gasteiger partial charge in [-0.25, -0.2) is 13.6 Å². The van der Waals surface area contributed by atoms with E-state index in [-0.39, 0.29) is 49.3 Å². The van der Waals surface area contributed by atoms with E-state index in [1.165, 1.54) is 24.3 Å². The molecule has 2 N–H and O–H groups in total. The third kappa shape index (κ3) is 11.2. The van der Waals surface area contributed by atoms with Crippen LogP contribution in [0.5, 0.6) is 0 Å². The van der Waals surface area contributed by atoms with Crippen molar-refractivity contribution in [3.8, 4) is 11.1 Å². The Morgan fingerprint density at radius 3 is 1.90 bits per heavy atom. The van der Waals surface area contributed by atoms with Crippen LogP contribution in [0, 0.1) is 11.6 Å². The van der Waals surface area contributed by atoms with Crippen molar-refractivity contribution in [1.82, 2.24) is 19.4 Å². The number of hydrogen-bond donors (Lipinski definition) is 2. The molecule has 1 aliphatic rings. The smallest absolute Gasteiger partial charge is 0.480 e. The first-order valence-electron chi connectivity index (χ1n) is 18.8. The number of alkyl halides is 6. The number of carbonyl (C=O) groups is 3. The van der Waals surface area contributed by atoms with Crippen molar-refractivity contribution in [2.24, 2.45) is 0 Å². The van der Waals surface area contributed by atoms with Gasteiger partial charge in [0.2, 0.25) is 5.91 Å². The van der Waals surface area contributed by atoms with Gasteiger partial charge in [-0.2, -0.15) is 31.3 Å². The fourth-order valence-corrected chi connectivity index (χ4v) is 6.99. The van der Waals surface area contributed by atoms with Gasteiger partial charge in [0.1, 0.15) is 17.9 Å². The third-order valence-corrected chi connectivity index (χ3v) is 10.5. The summed E-state index contributed by atoms with van der Waals surface area (Å²) >= 11 is 0. The second-order valence-corrected chi connectivity index (χ2v) is 14.8. The van der Waals surface area contributed by atoms with Crippen molar-refractivity contribution in [2.75, 3.05) is 13.1 Å². The number of fused-ring (bicyclic) bond motifs is 1. The molecule has 61 heavy (non-hydrogen) atoms. The second-order valence-electron chi connectivity index (χ2n) is 14.8. The normalized spacial score (nSPS) is 14.0. The van der Waals surface area contributed by atoms with Crippen LogP contribution in [0.1, 0.15) is 49.2 Å². The predicted octanol–water partition coefficient (Wildman–Crippen LogP) is 8.14. The van der Waals surface area contributed by atoms with Gasteiger partial charge < -0.3 is 19.7 Å². The van der Waals surface area contributed by atoms with Crippen molar-refractivity contribution in [2.45, 2.75) is 76.6 Å². The summed E-state index contributed by atoms with van der Waals surface area (Å²) in [6, 6.07) is 22.4. The summed E-state index contributed by atoms with van der Waals surface area (Å²) in [6.45, 7) is 4.08. The molecular formula is C43H40F8N4O6. The van der Waals surface area contributed by atoms with Crippen molar-refractivity contribution in [3.05, 3.63) is 135 Å². The molecule has 0 unspecified atom stereocenters. The zero-order chi connectivity index (χ0) is 44.9. The van der Waals surface area contributed by atoms with Gasteiger partial charge in [0.15, 0.2) is 11.6 Å². The van der Waals surface area contributed by atoms with Gasteiger partial charge in [0.25, 0.3) is 5.56 Å². The number of carboxylic acid groups (broad SMARTS) is 2. The van der Waals surface area contributed by atoms with Crippen LogP contribution in [-0.4, -0.2) is 78.3 Å². The van der Waals surface area contributed by atoms with Gasteiger partial charge in [-0.15, -0.1) is 0 Å². The van der Waals surface area contributed by atoms with Crippen LogP contribution >= 0.6 is 0 Å². The van der Waals surface area contributed by atoms with Crippen molar-refractivity contribution in [1.29, 1.82) is 0 Å². The first kappa shape index (κ1) is 45.9. The summed E-state index contributed by atoms with van der Waals surface area (Å²) in [5.74, 6) is -5.76. The zero-order valence-electron chi connectivity index (χ0n) is 32.7. The molecular weight excluding hydrogens is 820 g/mol. The number of amides is 1. The van der Waals surface area contributed by atoms with Crippen LogP contribution in [0.3, 0.4) is 0 Å². The van der Waals surface area contributed by atoms with Gasteiger partial charge in [-0.05, 0) is 85.7 Å². The molecule has 5 aromatic rings. The fourth-order valence-electron chi connectivity index (χ4n) is 6.99. The lowest BCUT2D eigenvalue weighted by atomic mass is 9.95. The minimum Gasteiger partial charge on any atom is -0.480 e. The number of halogens is 8. The van der Waals surface area contributed by atoms with Crippen LogP contribution in [0.15, 0.2) is 95.8 Å². The summed E-state index contributed by atoms with van der Waals surface area (Å²) in [6.07, 6.45) is -8.49. The van der Waals surface area contributed by atoms with Crippen molar-refractivity contribution < 1.29 is 59.7 Å². The Kier molecular flexibility index (Phi) is 14.0. The highest BCUT2D eigenvalue weighted by Gasteiger charge is 2.39. The van der Waals surface area contributed by atoms with Gasteiger partial charge >= 0.3 is 24.3 Å². The van der Waals surface area contributed by atoms with Crippen molar-refractivity contribution >= 4 is 28.7 Å². The number of nitrogens with zero attached hydrogens (tertiary/aromatic N) is 4. The van der Waals surface area contributed by atoms with E-state index < -0.39 is 52.6 Å². The number of piperidine rings is 1. The molecule has 4 aromatic carbocycles. The lowest BCUT2D eigenvalue weighted by Crippen LogP contribution is -2.56. The molecule has 324 valence electrons. The first-order chi connectivity index (χ1) is 28.6. The van der Waals surface area contributed by atoms with E-state index in [1.54, 1.807) is 59.7 Å². The molecule has 0 saturated carbocycles. The van der Waals surface area contributed by atoms with Crippen molar-refractivity contribution in [3.63, 3.8) is 0 Å².